The summed E-state index contributed by atoms with van der Waals surface area (Å²) >= 11 is 0. The molecule has 0 N–H and O–H groups in total. The van der Waals surface area contributed by atoms with Crippen LogP contribution in [0, 0.1) is 0 Å². The quantitative estimate of drug-likeness (QED) is 0.658. The first-order valence-corrected chi connectivity index (χ1v) is 3.69. The lowest BCUT2D eigenvalue weighted by molar-refractivity contribution is -0.143. The highest BCUT2D eigenvalue weighted by molar-refractivity contribution is 5.87. The summed E-state index contributed by atoms with van der Waals surface area (Å²) in [6.07, 6.45) is -4.46. The molecule has 0 aliphatic carbocycles. The first-order valence-electron chi connectivity index (χ1n) is 3.69. The second-order valence-electron chi connectivity index (χ2n) is 2.65. The van der Waals surface area contributed by atoms with Crippen LogP contribution in [0.15, 0.2) is 12.1 Å². The topological polar surface area (TPSA) is 31.2 Å². The fourth-order valence-corrected chi connectivity index (χ4v) is 1.11. The van der Waals surface area contributed by atoms with E-state index in [1.54, 1.807) is 0 Å². The van der Waals surface area contributed by atoms with Crippen molar-refractivity contribution in [2.45, 2.75) is 6.18 Å². The lowest BCUT2D eigenvalue weighted by Crippen LogP contribution is -2.15. The van der Waals surface area contributed by atoms with E-state index in [-0.39, 0.29) is 5.69 Å². The highest BCUT2D eigenvalue weighted by Gasteiger charge is 2.35. The van der Waals surface area contributed by atoms with Gasteiger partial charge in [0.2, 0.25) is 0 Å². The molecule has 0 fully saturated rings. The van der Waals surface area contributed by atoms with Crippen LogP contribution >= 0.6 is 0 Å². The van der Waals surface area contributed by atoms with Gasteiger partial charge in [-0.2, -0.15) is 13.2 Å². The Bertz CT molecular complexity index is 354. The highest BCUT2D eigenvalue weighted by atomic mass is 19.4. The van der Waals surface area contributed by atoms with E-state index in [1.165, 1.54) is 0 Å². The molecule has 0 amide bonds. The Morgan fingerprint density at radius 2 is 2.00 bits per heavy atom. The average Bonchev–Trinajstić information content (AvgIpc) is 2.45. The van der Waals surface area contributed by atoms with E-state index in [9.17, 15) is 18.0 Å². The third-order valence-electron chi connectivity index (χ3n) is 1.81. The van der Waals surface area contributed by atoms with Crippen LogP contribution in [0.25, 0.3) is 0 Å². The van der Waals surface area contributed by atoms with Gasteiger partial charge in [-0.15, -0.1) is 0 Å². The molecule has 0 bridgehead atoms. The minimum Gasteiger partial charge on any atom is -0.464 e. The van der Waals surface area contributed by atoms with Gasteiger partial charge in [0.05, 0.1) is 7.11 Å². The Labute approximate surface area is 78.1 Å². The van der Waals surface area contributed by atoms with Crippen molar-refractivity contribution in [3.8, 4) is 0 Å². The summed E-state index contributed by atoms with van der Waals surface area (Å²) in [4.78, 5) is 11.0. The number of esters is 1. The summed E-state index contributed by atoms with van der Waals surface area (Å²) in [6.45, 7) is 0. The van der Waals surface area contributed by atoms with Crippen LogP contribution in [0.5, 0.6) is 0 Å². The maximum atomic E-state index is 12.3. The predicted octanol–water partition coefficient (Wildman–Crippen LogP) is 1.83. The monoisotopic (exact) mass is 207 g/mol. The molecule has 78 valence electrons. The number of halogens is 3. The Hall–Kier alpha value is -1.46. The third-order valence-corrected chi connectivity index (χ3v) is 1.81. The van der Waals surface area contributed by atoms with Gasteiger partial charge in [0, 0.05) is 7.05 Å². The van der Waals surface area contributed by atoms with Crippen molar-refractivity contribution >= 4 is 5.97 Å². The van der Waals surface area contributed by atoms with Gasteiger partial charge < -0.3 is 9.30 Å². The zero-order valence-electron chi connectivity index (χ0n) is 7.55. The number of ether oxygens (including phenoxy) is 1. The van der Waals surface area contributed by atoms with Crippen molar-refractivity contribution in [1.82, 2.24) is 4.57 Å². The predicted molar refractivity (Wildman–Crippen MR) is 41.8 cm³/mol. The van der Waals surface area contributed by atoms with Gasteiger partial charge in [-0.05, 0) is 12.1 Å². The summed E-state index contributed by atoms with van der Waals surface area (Å²) in [5.41, 5.74) is -1.00. The number of aromatic nitrogens is 1. The molecule has 1 rings (SSSR count). The minimum absolute atomic E-state index is 0.125. The van der Waals surface area contributed by atoms with E-state index in [1.807, 2.05) is 0 Å². The van der Waals surface area contributed by atoms with Crippen molar-refractivity contribution in [3.63, 3.8) is 0 Å². The molecule has 0 radical (unpaired) electrons. The molecule has 0 aliphatic rings. The lowest BCUT2D eigenvalue weighted by Gasteiger charge is -2.08. The van der Waals surface area contributed by atoms with Gasteiger partial charge in [-0.1, -0.05) is 0 Å². The largest absolute Gasteiger partial charge is 0.464 e. The molecule has 0 unspecified atom stereocenters. The molecule has 6 heteroatoms. The standard InChI is InChI=1S/C8H8F3NO2/c1-12-5(7(13)14-2)3-4-6(12)8(9,10)11/h3-4H,1-2H3. The van der Waals surface area contributed by atoms with Gasteiger partial charge in [0.1, 0.15) is 11.4 Å². The molecule has 0 spiro atoms. The van der Waals surface area contributed by atoms with Crippen molar-refractivity contribution < 1.29 is 22.7 Å². The van der Waals surface area contributed by atoms with Gasteiger partial charge in [0.25, 0.3) is 0 Å². The van der Waals surface area contributed by atoms with Crippen LogP contribution in [-0.4, -0.2) is 17.6 Å². The van der Waals surface area contributed by atoms with Crippen LogP contribution in [0.4, 0.5) is 13.2 Å². The maximum absolute atomic E-state index is 12.3. The van der Waals surface area contributed by atoms with Crippen molar-refractivity contribution in [3.05, 3.63) is 23.5 Å². The zero-order chi connectivity index (χ0) is 10.9. The van der Waals surface area contributed by atoms with E-state index in [0.29, 0.717) is 0 Å². The molecule has 0 saturated heterocycles. The number of alkyl halides is 3. The van der Waals surface area contributed by atoms with Gasteiger partial charge in [-0.25, -0.2) is 4.79 Å². The van der Waals surface area contributed by atoms with Gasteiger partial charge >= 0.3 is 12.1 Å². The molecule has 1 aromatic rings. The summed E-state index contributed by atoms with van der Waals surface area (Å²) in [6, 6.07) is 1.92. The minimum atomic E-state index is -4.46. The zero-order valence-corrected chi connectivity index (χ0v) is 7.55. The second kappa shape index (κ2) is 3.36. The first-order chi connectivity index (χ1) is 6.38. The molecule has 14 heavy (non-hydrogen) atoms. The van der Waals surface area contributed by atoms with Crippen LogP contribution in [0.3, 0.4) is 0 Å². The molecular formula is C8H8F3NO2. The number of rotatable bonds is 1. The summed E-state index contributed by atoms with van der Waals surface area (Å²) in [5.74, 6) is -0.789. The fraction of sp³-hybridized carbons (Fsp3) is 0.375. The number of carbonyl (C=O) groups excluding carboxylic acids is 1. The normalized spacial score (nSPS) is 11.5. The molecule has 1 aromatic heterocycles. The van der Waals surface area contributed by atoms with E-state index < -0.39 is 17.8 Å². The number of hydrogen-bond acceptors (Lipinski definition) is 2. The smallest absolute Gasteiger partial charge is 0.431 e. The molecule has 0 atom stereocenters. The molecule has 0 aliphatic heterocycles. The van der Waals surface area contributed by atoms with Crippen molar-refractivity contribution in [2.75, 3.05) is 7.11 Å². The van der Waals surface area contributed by atoms with Crippen LogP contribution in [0.1, 0.15) is 16.2 Å². The maximum Gasteiger partial charge on any atom is 0.431 e. The number of nitrogens with zero attached hydrogens (tertiary/aromatic N) is 1. The van der Waals surface area contributed by atoms with Gasteiger partial charge in [0.15, 0.2) is 0 Å². The Morgan fingerprint density at radius 1 is 1.43 bits per heavy atom. The Balaban J connectivity index is 3.15. The third kappa shape index (κ3) is 1.73. The summed E-state index contributed by atoms with van der Waals surface area (Å²) < 4.78 is 41.8. The fourth-order valence-electron chi connectivity index (χ4n) is 1.11. The molecule has 0 saturated carbocycles. The van der Waals surface area contributed by atoms with E-state index >= 15 is 0 Å². The van der Waals surface area contributed by atoms with E-state index in [4.69, 9.17) is 0 Å². The number of methoxy groups -OCH3 is 1. The van der Waals surface area contributed by atoms with Gasteiger partial charge in [-0.3, -0.25) is 0 Å². The average molecular weight is 207 g/mol. The highest BCUT2D eigenvalue weighted by Crippen LogP contribution is 2.30. The lowest BCUT2D eigenvalue weighted by atomic mass is 10.4. The van der Waals surface area contributed by atoms with E-state index in [2.05, 4.69) is 4.74 Å². The Kier molecular flexibility index (Phi) is 2.55. The van der Waals surface area contributed by atoms with Crippen LogP contribution in [0.2, 0.25) is 0 Å². The molecule has 1 heterocycles. The molecular weight excluding hydrogens is 199 g/mol. The SMILES string of the molecule is COC(=O)c1ccc(C(F)(F)F)n1C. The molecule has 3 nitrogen and oxygen atoms in total. The van der Waals surface area contributed by atoms with Crippen molar-refractivity contribution in [1.29, 1.82) is 0 Å². The summed E-state index contributed by atoms with van der Waals surface area (Å²) in [7, 11) is 2.28. The van der Waals surface area contributed by atoms with Crippen molar-refractivity contribution in [2.24, 2.45) is 7.05 Å². The molecule has 0 aromatic carbocycles. The second-order valence-corrected chi connectivity index (χ2v) is 2.65. The summed E-state index contributed by atoms with van der Waals surface area (Å²) in [5, 5.41) is 0. The Morgan fingerprint density at radius 3 is 2.36 bits per heavy atom. The van der Waals surface area contributed by atoms with Crippen LogP contribution in [-0.2, 0) is 18.0 Å². The number of carbonyl (C=O) groups is 1. The first kappa shape index (κ1) is 10.6. The number of hydrogen-bond donors (Lipinski definition) is 0. The van der Waals surface area contributed by atoms with E-state index in [0.717, 1.165) is 30.9 Å². The van der Waals surface area contributed by atoms with Crippen LogP contribution < -0.4 is 0 Å².